The molecule has 0 amide bonds. The molecule has 0 aliphatic rings. The molecule has 0 saturated heterocycles. The van der Waals surface area contributed by atoms with Gasteiger partial charge < -0.3 is 4.74 Å². The second-order valence-electron chi connectivity index (χ2n) is 5.65. The monoisotopic (exact) mass is 316 g/mol. The van der Waals surface area contributed by atoms with Crippen molar-refractivity contribution in [2.75, 3.05) is 7.11 Å². The minimum Gasteiger partial charge on any atom is -0.496 e. The highest BCUT2D eigenvalue weighted by molar-refractivity contribution is 6.29. The number of rotatable bonds is 4. The van der Waals surface area contributed by atoms with Crippen LogP contribution in [0.15, 0.2) is 36.4 Å². The first-order valence-electron chi connectivity index (χ1n) is 7.41. The van der Waals surface area contributed by atoms with Crippen molar-refractivity contribution < 1.29 is 19.1 Å². The van der Waals surface area contributed by atoms with Gasteiger partial charge in [0.1, 0.15) is 5.75 Å². The van der Waals surface area contributed by atoms with E-state index in [-0.39, 0.29) is 0 Å². The zero-order valence-corrected chi connectivity index (χ0v) is 12.8. The number of aldehydes is 3. The van der Waals surface area contributed by atoms with Crippen molar-refractivity contribution in [3.8, 4) is 5.75 Å². The Bertz CT molecular complexity index is 1110. The van der Waals surface area contributed by atoms with E-state index in [9.17, 15) is 14.4 Å². The van der Waals surface area contributed by atoms with E-state index in [2.05, 4.69) is 0 Å². The summed E-state index contributed by atoms with van der Waals surface area (Å²) in [5.74, 6) is 0.586. The largest absolute Gasteiger partial charge is 0.496 e. The second kappa shape index (κ2) is 5.13. The topological polar surface area (TPSA) is 60.4 Å². The van der Waals surface area contributed by atoms with Gasteiger partial charge >= 0.3 is 0 Å². The van der Waals surface area contributed by atoms with Crippen LogP contribution in [-0.2, 0) is 0 Å². The van der Waals surface area contributed by atoms with E-state index in [1.807, 2.05) is 24.3 Å². The minimum absolute atomic E-state index is 0.453. The molecule has 4 heteroatoms. The third-order valence-electron chi connectivity index (χ3n) is 4.56. The number of hydrogen-bond donors (Lipinski definition) is 0. The Morgan fingerprint density at radius 1 is 0.667 bits per heavy atom. The Morgan fingerprint density at radius 3 is 1.54 bits per heavy atom. The van der Waals surface area contributed by atoms with Crippen LogP contribution in [-0.4, -0.2) is 26.0 Å². The van der Waals surface area contributed by atoms with Crippen LogP contribution in [0.2, 0.25) is 0 Å². The predicted molar refractivity (Wildman–Crippen MR) is 92.9 cm³/mol. The smallest absolute Gasteiger partial charge is 0.150 e. The third kappa shape index (κ3) is 1.71. The number of ether oxygens (including phenoxy) is 1. The van der Waals surface area contributed by atoms with Crippen LogP contribution in [0.1, 0.15) is 31.1 Å². The van der Waals surface area contributed by atoms with Crippen molar-refractivity contribution in [2.45, 2.75) is 0 Å². The summed E-state index contributed by atoms with van der Waals surface area (Å²) in [6.07, 6.45) is 2.28. The van der Waals surface area contributed by atoms with Gasteiger partial charge in [-0.2, -0.15) is 0 Å². The van der Waals surface area contributed by atoms with Crippen LogP contribution in [0.25, 0.3) is 32.3 Å². The molecule has 0 aliphatic carbocycles. The summed E-state index contributed by atoms with van der Waals surface area (Å²) in [7, 11) is 1.55. The van der Waals surface area contributed by atoms with Gasteiger partial charge in [-0.3, -0.25) is 14.4 Å². The maximum atomic E-state index is 11.5. The van der Waals surface area contributed by atoms with Crippen LogP contribution < -0.4 is 4.74 Å². The summed E-state index contributed by atoms with van der Waals surface area (Å²) in [5, 5.41) is 4.77. The Labute approximate surface area is 137 Å². The normalized spacial score (nSPS) is 11.2. The van der Waals surface area contributed by atoms with Crippen LogP contribution in [0.3, 0.4) is 0 Å². The first kappa shape index (κ1) is 14.3. The van der Waals surface area contributed by atoms with Crippen molar-refractivity contribution in [1.82, 2.24) is 0 Å². The van der Waals surface area contributed by atoms with Gasteiger partial charge in [-0.05, 0) is 39.7 Å². The molecule has 0 unspecified atom stereocenters. The van der Waals surface area contributed by atoms with Crippen molar-refractivity contribution in [3.63, 3.8) is 0 Å². The summed E-state index contributed by atoms with van der Waals surface area (Å²) in [6.45, 7) is 0. The molecule has 0 radical (unpaired) electrons. The number of benzene rings is 4. The molecular weight excluding hydrogens is 304 g/mol. The van der Waals surface area contributed by atoms with Crippen LogP contribution in [0, 0.1) is 0 Å². The van der Waals surface area contributed by atoms with E-state index in [0.717, 1.165) is 51.2 Å². The number of carbonyl (C=O) groups is 3. The van der Waals surface area contributed by atoms with Gasteiger partial charge in [0.2, 0.25) is 0 Å². The van der Waals surface area contributed by atoms with Crippen molar-refractivity contribution >= 4 is 51.2 Å². The summed E-state index contributed by atoms with van der Waals surface area (Å²) in [6, 6.07) is 10.7. The SMILES string of the molecule is COc1cc(C=O)c2ccc3c(C=O)cc(C=O)c4ccc1c2c34. The van der Waals surface area contributed by atoms with E-state index in [4.69, 9.17) is 4.74 Å². The van der Waals surface area contributed by atoms with Gasteiger partial charge in [-0.25, -0.2) is 0 Å². The molecule has 4 rings (SSSR count). The molecule has 4 aromatic rings. The van der Waals surface area contributed by atoms with E-state index in [0.29, 0.717) is 22.4 Å². The predicted octanol–water partition coefficient (Wildman–Crippen LogP) is 4.03. The molecule has 24 heavy (non-hydrogen) atoms. The van der Waals surface area contributed by atoms with Crippen molar-refractivity contribution in [2.24, 2.45) is 0 Å². The van der Waals surface area contributed by atoms with Crippen LogP contribution in [0.5, 0.6) is 5.75 Å². The van der Waals surface area contributed by atoms with E-state index in [1.165, 1.54) is 0 Å². The van der Waals surface area contributed by atoms with Gasteiger partial charge in [0, 0.05) is 27.5 Å². The van der Waals surface area contributed by atoms with E-state index >= 15 is 0 Å². The lowest BCUT2D eigenvalue weighted by molar-refractivity contribution is 0.111. The van der Waals surface area contributed by atoms with Crippen molar-refractivity contribution in [1.29, 1.82) is 0 Å². The molecule has 116 valence electrons. The minimum atomic E-state index is 0.453. The summed E-state index contributed by atoms with van der Waals surface area (Å²) < 4.78 is 5.43. The lowest BCUT2D eigenvalue weighted by Crippen LogP contribution is -1.97. The van der Waals surface area contributed by atoms with Crippen LogP contribution in [0.4, 0.5) is 0 Å². The van der Waals surface area contributed by atoms with Gasteiger partial charge in [-0.15, -0.1) is 0 Å². The summed E-state index contributed by atoms with van der Waals surface area (Å²) >= 11 is 0. The fourth-order valence-electron chi connectivity index (χ4n) is 3.50. The lowest BCUT2D eigenvalue weighted by atomic mass is 9.88. The van der Waals surface area contributed by atoms with Gasteiger partial charge in [0.25, 0.3) is 0 Å². The molecule has 0 heterocycles. The van der Waals surface area contributed by atoms with Gasteiger partial charge in [0.05, 0.1) is 7.11 Å². The Morgan fingerprint density at radius 2 is 1.08 bits per heavy atom. The summed E-state index contributed by atoms with van der Waals surface area (Å²) in [5.41, 5.74) is 1.42. The van der Waals surface area contributed by atoms with Gasteiger partial charge in [0.15, 0.2) is 18.9 Å². The Balaban J connectivity index is 2.40. The highest BCUT2D eigenvalue weighted by Crippen LogP contribution is 2.41. The molecule has 4 nitrogen and oxygen atoms in total. The van der Waals surface area contributed by atoms with E-state index in [1.54, 1.807) is 19.2 Å². The Hall–Kier alpha value is -3.27. The molecule has 0 N–H and O–H groups in total. The van der Waals surface area contributed by atoms with Crippen molar-refractivity contribution in [3.05, 3.63) is 53.1 Å². The van der Waals surface area contributed by atoms with E-state index < -0.39 is 0 Å². The fourth-order valence-corrected chi connectivity index (χ4v) is 3.50. The zero-order valence-electron chi connectivity index (χ0n) is 12.8. The van der Waals surface area contributed by atoms with Crippen LogP contribution >= 0.6 is 0 Å². The van der Waals surface area contributed by atoms with Gasteiger partial charge in [-0.1, -0.05) is 18.2 Å². The Kier molecular flexibility index (Phi) is 3.06. The second-order valence-corrected chi connectivity index (χ2v) is 5.65. The number of methoxy groups -OCH3 is 1. The summed E-state index contributed by atoms with van der Waals surface area (Å²) in [4.78, 5) is 34.4. The fraction of sp³-hybridized carbons (Fsp3) is 0.0500. The lowest BCUT2D eigenvalue weighted by Gasteiger charge is -2.16. The average molecular weight is 316 g/mol. The quantitative estimate of drug-likeness (QED) is 0.421. The average Bonchev–Trinajstić information content (AvgIpc) is 2.64. The zero-order chi connectivity index (χ0) is 16.8. The first-order chi connectivity index (χ1) is 11.7. The highest BCUT2D eigenvalue weighted by atomic mass is 16.5. The molecule has 0 fully saturated rings. The first-order valence-corrected chi connectivity index (χ1v) is 7.41. The molecule has 0 aromatic heterocycles. The maximum Gasteiger partial charge on any atom is 0.150 e. The third-order valence-corrected chi connectivity index (χ3v) is 4.56. The molecular formula is C20H12O4. The molecule has 4 aromatic carbocycles. The molecule has 0 spiro atoms. The number of hydrogen-bond acceptors (Lipinski definition) is 4. The molecule has 0 saturated carbocycles. The molecule has 0 atom stereocenters. The number of carbonyl (C=O) groups excluding carboxylic acids is 3. The molecule has 0 bridgehead atoms. The maximum absolute atomic E-state index is 11.5. The molecule has 0 aliphatic heterocycles. The standard InChI is InChI=1S/C20H12O4/c1-24-18-7-13(10-23)16-3-2-14-11(8-21)6-12(9-22)15-4-5-17(18)20(16)19(14)15/h2-10H,1H3. The highest BCUT2D eigenvalue weighted by Gasteiger charge is 2.18.